The van der Waals surface area contributed by atoms with E-state index in [1.54, 1.807) is 0 Å². The first-order chi connectivity index (χ1) is 54.3. The van der Waals surface area contributed by atoms with Gasteiger partial charge in [0.25, 0.3) is 0 Å². The minimum absolute atomic E-state index is 0.244. The molecular formula is C92H165NO18. The highest BCUT2D eigenvalue weighted by atomic mass is 16.8. The lowest BCUT2D eigenvalue weighted by Gasteiger charge is -2.48. The molecule has 0 bridgehead atoms. The molecule has 646 valence electrons. The van der Waals surface area contributed by atoms with Gasteiger partial charge < -0.3 is 89.9 Å². The maximum atomic E-state index is 13.5. The number of rotatable bonds is 73. The summed E-state index contributed by atoms with van der Waals surface area (Å²) in [5, 5.41) is 121. The van der Waals surface area contributed by atoms with Crippen LogP contribution in [-0.4, -0.2) is 193 Å². The van der Waals surface area contributed by atoms with E-state index >= 15 is 0 Å². The Balaban J connectivity index is 1.33. The molecular weight excluding hydrogens is 1410 g/mol. The van der Waals surface area contributed by atoms with E-state index in [-0.39, 0.29) is 18.9 Å². The van der Waals surface area contributed by atoms with Gasteiger partial charge in [-0.15, -0.1) is 0 Å². The maximum absolute atomic E-state index is 13.5. The van der Waals surface area contributed by atoms with Crippen LogP contribution in [0.2, 0.25) is 0 Å². The number of unbranched alkanes of at least 4 members (excludes halogenated alkanes) is 43. The first-order valence-electron chi connectivity index (χ1n) is 45.3. The minimum Gasteiger partial charge on any atom is -0.394 e. The second-order valence-electron chi connectivity index (χ2n) is 32.0. The molecule has 17 unspecified atom stereocenters. The summed E-state index contributed by atoms with van der Waals surface area (Å²) in [6.45, 7) is 1.73. The van der Waals surface area contributed by atoms with E-state index in [2.05, 4.69) is 104 Å². The molecule has 3 aliphatic heterocycles. The van der Waals surface area contributed by atoms with Crippen molar-refractivity contribution in [3.8, 4) is 0 Å². The Hall–Kier alpha value is -3.03. The van der Waals surface area contributed by atoms with Gasteiger partial charge in [0.05, 0.1) is 38.6 Å². The van der Waals surface area contributed by atoms with Gasteiger partial charge in [0.1, 0.15) is 73.2 Å². The smallest absolute Gasteiger partial charge is 0.220 e. The molecule has 17 atom stereocenters. The Kier molecular flexibility index (Phi) is 65.4. The molecule has 0 aromatic heterocycles. The van der Waals surface area contributed by atoms with Crippen molar-refractivity contribution in [1.29, 1.82) is 0 Å². The number of aliphatic hydroxyl groups excluding tert-OH is 11. The SMILES string of the molecule is CC/C=C\C/C=C\C/C=C\C/C=C\C/C=C\C/C=C\C/C=C\CCCCCCCCCCCCCC(=O)NC(COC1OC(CO)C(OC2OC(CO)C(OC3OC(CO)C(O)C(O)C3O)C(O)C2O)C(O)C1O)C(O)CCCCCCCCCCCCCCCCCCCCCCCCCCCCCCCCCCC. The second-order valence-corrected chi connectivity index (χ2v) is 32.0. The van der Waals surface area contributed by atoms with Crippen LogP contribution in [0.1, 0.15) is 361 Å². The molecule has 0 spiro atoms. The van der Waals surface area contributed by atoms with E-state index in [9.17, 15) is 61.0 Å². The molecule has 3 rings (SSSR count). The van der Waals surface area contributed by atoms with Gasteiger partial charge in [-0.25, -0.2) is 0 Å². The lowest BCUT2D eigenvalue weighted by atomic mass is 9.96. The molecule has 3 fully saturated rings. The second kappa shape index (κ2) is 71.1. The summed E-state index contributed by atoms with van der Waals surface area (Å²) in [7, 11) is 0. The Labute approximate surface area is 673 Å². The van der Waals surface area contributed by atoms with Gasteiger partial charge in [0.15, 0.2) is 18.9 Å². The number of ether oxygens (including phenoxy) is 6. The van der Waals surface area contributed by atoms with E-state index < -0.39 is 124 Å². The average molecular weight is 1570 g/mol. The number of carbonyl (C=O) groups excluding carboxylic acids is 1. The average Bonchev–Trinajstić information content (AvgIpc) is 0.780. The summed E-state index contributed by atoms with van der Waals surface area (Å²) in [6, 6.07) is -0.897. The third-order valence-corrected chi connectivity index (χ3v) is 22.2. The van der Waals surface area contributed by atoms with Crippen LogP contribution in [0.3, 0.4) is 0 Å². The zero-order chi connectivity index (χ0) is 80.3. The highest BCUT2D eigenvalue weighted by Crippen LogP contribution is 2.34. The van der Waals surface area contributed by atoms with Crippen LogP contribution in [-0.2, 0) is 33.2 Å². The Morgan fingerprint density at radius 2 is 0.622 bits per heavy atom. The van der Waals surface area contributed by atoms with Crippen molar-refractivity contribution in [3.63, 3.8) is 0 Å². The quantitative estimate of drug-likeness (QED) is 0.0199. The van der Waals surface area contributed by atoms with E-state index in [1.165, 1.54) is 231 Å². The summed E-state index contributed by atoms with van der Waals surface area (Å²) in [6.07, 6.45) is 69.7. The summed E-state index contributed by atoms with van der Waals surface area (Å²) < 4.78 is 34.6. The molecule has 0 aromatic rings. The van der Waals surface area contributed by atoms with Crippen LogP contribution in [0.4, 0.5) is 0 Å². The van der Waals surface area contributed by atoms with Gasteiger partial charge in [-0.2, -0.15) is 0 Å². The number of nitrogens with one attached hydrogen (secondary N) is 1. The van der Waals surface area contributed by atoms with E-state index in [0.29, 0.717) is 12.8 Å². The fourth-order valence-electron chi connectivity index (χ4n) is 15.1. The number of carbonyl (C=O) groups is 1. The van der Waals surface area contributed by atoms with Crippen molar-refractivity contribution in [2.45, 2.75) is 465 Å². The van der Waals surface area contributed by atoms with Crippen LogP contribution < -0.4 is 5.32 Å². The van der Waals surface area contributed by atoms with Crippen LogP contribution in [0.25, 0.3) is 0 Å². The normalized spacial score (nSPS) is 25.4. The highest BCUT2D eigenvalue weighted by Gasteiger charge is 2.54. The Bertz CT molecular complexity index is 2330. The predicted molar refractivity (Wildman–Crippen MR) is 448 cm³/mol. The third-order valence-electron chi connectivity index (χ3n) is 22.2. The minimum atomic E-state index is -1.98. The molecule has 19 heteroatoms. The lowest BCUT2D eigenvalue weighted by Crippen LogP contribution is -2.66. The summed E-state index contributed by atoms with van der Waals surface area (Å²) in [4.78, 5) is 13.5. The zero-order valence-corrected chi connectivity index (χ0v) is 69.7. The van der Waals surface area contributed by atoms with Crippen molar-refractivity contribution in [3.05, 3.63) is 85.1 Å². The monoisotopic (exact) mass is 1570 g/mol. The highest BCUT2D eigenvalue weighted by molar-refractivity contribution is 5.76. The van der Waals surface area contributed by atoms with Gasteiger partial charge in [0, 0.05) is 6.42 Å². The summed E-state index contributed by atoms with van der Waals surface area (Å²) in [5.41, 5.74) is 0. The van der Waals surface area contributed by atoms with Gasteiger partial charge in [-0.05, 0) is 70.6 Å². The molecule has 3 saturated heterocycles. The molecule has 111 heavy (non-hydrogen) atoms. The van der Waals surface area contributed by atoms with Gasteiger partial charge >= 0.3 is 0 Å². The summed E-state index contributed by atoms with van der Waals surface area (Å²) in [5.74, 6) is -0.244. The molecule has 0 radical (unpaired) electrons. The van der Waals surface area contributed by atoms with Gasteiger partial charge in [0.2, 0.25) is 5.91 Å². The maximum Gasteiger partial charge on any atom is 0.220 e. The standard InChI is InChI=1S/C92H165NO18/c1-3-5-7-9-11-13-15-17-19-21-23-25-27-29-31-33-35-37-39-41-43-45-47-49-51-53-55-57-59-61-63-65-67-69-76(97)75(74-106-90-86(104)83(101)88(78(72-95)108-90)111-92-87(105)84(102)89(79(73-96)109-92)110-91-85(103)82(100)81(99)77(71-94)107-91)93-80(98)70-68-66-64-62-60-58-56-54-52-50-48-46-44-42-40-38-36-34-32-30-28-26-24-22-20-18-16-14-12-10-8-6-4-2/h6,8,12,14,18,20,24,26,30,32,36,38,42,44,75-79,81-92,94-97,99-105H,3-5,7,9-11,13,15-17,19,21-23,25,27-29,31,33-35,37,39-41,43,45-74H2,1-2H3,(H,93,98)/b8-6-,14-12-,20-18-,26-24-,32-30-,38-36-,44-42-. The van der Waals surface area contributed by atoms with Crippen LogP contribution in [0.15, 0.2) is 85.1 Å². The fraction of sp³-hybridized carbons (Fsp3) is 0.837. The molecule has 0 saturated carbocycles. The van der Waals surface area contributed by atoms with Crippen LogP contribution >= 0.6 is 0 Å². The van der Waals surface area contributed by atoms with E-state index in [0.717, 1.165) is 96.3 Å². The molecule has 1 amide bonds. The fourth-order valence-corrected chi connectivity index (χ4v) is 15.1. The van der Waals surface area contributed by atoms with Crippen LogP contribution in [0.5, 0.6) is 0 Å². The summed E-state index contributed by atoms with van der Waals surface area (Å²) >= 11 is 0. The molecule has 3 heterocycles. The number of hydrogen-bond donors (Lipinski definition) is 12. The largest absolute Gasteiger partial charge is 0.394 e. The van der Waals surface area contributed by atoms with E-state index in [1.807, 2.05) is 0 Å². The topological polar surface area (TPSA) is 307 Å². The molecule has 0 aromatic carbocycles. The van der Waals surface area contributed by atoms with Gasteiger partial charge in [-0.3, -0.25) is 4.79 Å². The lowest BCUT2D eigenvalue weighted by molar-refractivity contribution is -0.379. The zero-order valence-electron chi connectivity index (χ0n) is 69.7. The van der Waals surface area contributed by atoms with Crippen molar-refractivity contribution < 1.29 is 89.4 Å². The number of aliphatic hydroxyl groups is 11. The predicted octanol–water partition coefficient (Wildman–Crippen LogP) is 17.3. The van der Waals surface area contributed by atoms with Crippen molar-refractivity contribution in [2.24, 2.45) is 0 Å². The Morgan fingerprint density at radius 3 is 0.973 bits per heavy atom. The number of allylic oxidation sites excluding steroid dienone is 14. The van der Waals surface area contributed by atoms with Gasteiger partial charge in [-0.1, -0.05) is 369 Å². The first-order valence-corrected chi connectivity index (χ1v) is 45.3. The Morgan fingerprint density at radius 1 is 0.333 bits per heavy atom. The molecule has 12 N–H and O–H groups in total. The first kappa shape index (κ1) is 102. The molecule has 3 aliphatic rings. The van der Waals surface area contributed by atoms with Crippen molar-refractivity contribution in [2.75, 3.05) is 26.4 Å². The van der Waals surface area contributed by atoms with E-state index in [4.69, 9.17) is 28.4 Å². The number of amides is 1. The van der Waals surface area contributed by atoms with Crippen LogP contribution in [0, 0.1) is 0 Å². The molecule has 19 nitrogen and oxygen atoms in total. The van der Waals surface area contributed by atoms with Crippen molar-refractivity contribution in [1.82, 2.24) is 5.32 Å². The molecule has 0 aliphatic carbocycles. The number of hydrogen-bond acceptors (Lipinski definition) is 18. The third kappa shape index (κ3) is 49.7. The van der Waals surface area contributed by atoms with Crippen molar-refractivity contribution >= 4 is 5.91 Å².